The number of nitrogens with one attached hydrogen (secondary N) is 4. The lowest BCUT2D eigenvalue weighted by atomic mass is 10.0. The van der Waals surface area contributed by atoms with Gasteiger partial charge in [-0.2, -0.15) is 8.78 Å². The third kappa shape index (κ3) is 25.2. The van der Waals surface area contributed by atoms with Crippen LogP contribution < -0.4 is 26.0 Å². The van der Waals surface area contributed by atoms with Crippen molar-refractivity contribution in [3.05, 3.63) is 59.2 Å². The second-order valence-corrected chi connectivity index (χ2v) is 18.3. The molecule has 0 aliphatic rings. The summed E-state index contributed by atoms with van der Waals surface area (Å²) in [5.41, 5.74) is -3.44. The van der Waals surface area contributed by atoms with E-state index in [1.807, 2.05) is 0 Å². The van der Waals surface area contributed by atoms with Crippen molar-refractivity contribution in [3.8, 4) is 11.5 Å². The van der Waals surface area contributed by atoms with Gasteiger partial charge in [-0.05, 0) is 132 Å². The zero-order valence-electron chi connectivity index (χ0n) is 41.1. The van der Waals surface area contributed by atoms with E-state index in [0.29, 0.717) is 62.9 Å². The van der Waals surface area contributed by atoms with Crippen LogP contribution in [-0.4, -0.2) is 115 Å². The second kappa shape index (κ2) is 29.6. The number of halogens is 7. The van der Waals surface area contributed by atoms with Gasteiger partial charge in [-0.15, -0.1) is 11.6 Å². The molecule has 16 nitrogen and oxygen atoms in total. The number of alkyl halides is 1. The van der Waals surface area contributed by atoms with E-state index in [1.165, 1.54) is 28.1 Å². The highest BCUT2D eigenvalue weighted by atomic mass is 35.5. The smallest absolute Gasteiger partial charge is 0.407 e. The number of ether oxygens (including phenoxy) is 5. The topological polar surface area (TPSA) is 217 Å². The number of Topliss-reactive ketones (excluding diaryl/α,β-unsaturated/α-hetero) is 2. The summed E-state index contributed by atoms with van der Waals surface area (Å²) in [6, 6.07) is 0.790. The Bertz CT molecular complexity index is 1990. The van der Waals surface area contributed by atoms with Crippen molar-refractivity contribution in [1.29, 1.82) is 0 Å². The first-order valence-corrected chi connectivity index (χ1v) is 22.1. The van der Waals surface area contributed by atoms with Crippen LogP contribution in [0.5, 0.6) is 11.5 Å². The van der Waals surface area contributed by atoms with E-state index < -0.39 is 111 Å². The van der Waals surface area contributed by atoms with Crippen molar-refractivity contribution < 1.29 is 83.9 Å². The fraction of sp³-hybridized carbons (Fsp3) is 0.609. The predicted molar refractivity (Wildman–Crippen MR) is 243 cm³/mol. The van der Waals surface area contributed by atoms with E-state index >= 15 is 0 Å². The highest BCUT2D eigenvalue weighted by Crippen LogP contribution is 2.24. The monoisotopic (exact) mass is 1020 g/mol. The van der Waals surface area contributed by atoms with Crippen molar-refractivity contribution in [3.63, 3.8) is 0 Å². The molecule has 392 valence electrons. The summed E-state index contributed by atoms with van der Waals surface area (Å²) in [7, 11) is 2.76. The first kappa shape index (κ1) is 63.6. The molecular formula is C46H67ClF6N4O12. The first-order chi connectivity index (χ1) is 31.7. The van der Waals surface area contributed by atoms with Crippen molar-refractivity contribution in [1.82, 2.24) is 21.3 Å². The normalized spacial score (nSPS) is 12.4. The predicted octanol–water partition coefficient (Wildman–Crippen LogP) is 7.87. The standard InChI is InChI=1S/C23H33F3N2O6.C17H31ClN2O5.C6H3F3O/c1-22(2,3)34-21(31)27-12-8-7-9-16(28-20(30)23(4,5)32-6)17(29)13-33-19-15(25)11-10-14(24)18(19)26;1-16(2,3)25-15(23)19-10-8-7-9-12(13(21)11-18)20-14(22)17(4,5)24-6;7-3-1-2-4(8)6(10)5(3)9/h10-11,16H,7-9,12-13H2,1-6H3,(H,27,31)(H,28,30);12H,7-11H2,1-6H3,(H,19,23)(H,20,22);1-2,10H/t16-;12-;/m00./s1. The third-order valence-electron chi connectivity index (χ3n) is 9.19. The van der Waals surface area contributed by atoms with Crippen LogP contribution in [0.25, 0.3) is 0 Å². The number of rotatable bonds is 22. The van der Waals surface area contributed by atoms with Crippen molar-refractivity contribution >= 4 is 47.2 Å². The van der Waals surface area contributed by atoms with Crippen LogP contribution in [0.1, 0.15) is 108 Å². The molecule has 2 aromatic carbocycles. The maximum absolute atomic E-state index is 13.8. The minimum absolute atomic E-state index is 0.151. The van der Waals surface area contributed by atoms with E-state index in [4.69, 9.17) is 40.4 Å². The number of ketones is 2. The highest BCUT2D eigenvalue weighted by molar-refractivity contribution is 6.28. The lowest BCUT2D eigenvalue weighted by Crippen LogP contribution is -2.51. The molecule has 69 heavy (non-hydrogen) atoms. The summed E-state index contributed by atoms with van der Waals surface area (Å²) in [5, 5.41) is 18.9. The van der Waals surface area contributed by atoms with Crippen LogP contribution in [0.3, 0.4) is 0 Å². The largest absolute Gasteiger partial charge is 0.503 e. The van der Waals surface area contributed by atoms with Crippen molar-refractivity contribution in [2.24, 2.45) is 0 Å². The molecule has 0 unspecified atom stereocenters. The molecule has 0 aliphatic carbocycles. The summed E-state index contributed by atoms with van der Waals surface area (Å²) in [4.78, 5) is 72.4. The van der Waals surface area contributed by atoms with Gasteiger partial charge in [-0.3, -0.25) is 19.2 Å². The van der Waals surface area contributed by atoms with Gasteiger partial charge in [0.15, 0.2) is 46.3 Å². The molecule has 4 amide bonds. The number of benzene rings is 2. The summed E-state index contributed by atoms with van der Waals surface area (Å²) in [6.07, 6.45) is 1.68. The number of methoxy groups -OCH3 is 2. The molecule has 2 rings (SSSR count). The molecule has 0 aromatic heterocycles. The highest BCUT2D eigenvalue weighted by Gasteiger charge is 2.33. The zero-order valence-corrected chi connectivity index (χ0v) is 41.9. The molecular weight excluding hydrogens is 950 g/mol. The van der Waals surface area contributed by atoms with Gasteiger partial charge >= 0.3 is 12.2 Å². The lowest BCUT2D eigenvalue weighted by Gasteiger charge is -2.26. The van der Waals surface area contributed by atoms with Gasteiger partial charge < -0.3 is 50.1 Å². The number of aromatic hydroxyl groups is 1. The maximum atomic E-state index is 13.8. The van der Waals surface area contributed by atoms with Gasteiger partial charge in [-0.25, -0.2) is 27.2 Å². The van der Waals surface area contributed by atoms with Crippen LogP contribution in [0, 0.1) is 34.9 Å². The number of carbonyl (C=O) groups is 6. The van der Waals surface area contributed by atoms with Gasteiger partial charge in [0.1, 0.15) is 29.0 Å². The molecule has 0 fully saturated rings. The molecule has 5 N–H and O–H groups in total. The Morgan fingerprint density at radius 3 is 1.33 bits per heavy atom. The molecule has 2 atom stereocenters. The van der Waals surface area contributed by atoms with Gasteiger partial charge in [0, 0.05) is 27.3 Å². The first-order valence-electron chi connectivity index (χ1n) is 21.6. The number of carbonyl (C=O) groups excluding carboxylic acids is 6. The average Bonchev–Trinajstić information content (AvgIpc) is 3.25. The number of unbranched alkanes of at least 4 members (excludes halogenated alkanes) is 2. The molecule has 0 saturated heterocycles. The number of amides is 4. The van der Waals surface area contributed by atoms with Crippen LogP contribution in [-0.2, 0) is 38.1 Å². The van der Waals surface area contributed by atoms with E-state index in [9.17, 15) is 55.1 Å². The minimum atomic E-state index is -1.56. The Labute approximate surface area is 404 Å². The van der Waals surface area contributed by atoms with E-state index in [2.05, 4.69) is 21.3 Å². The van der Waals surface area contributed by atoms with E-state index in [1.54, 1.807) is 55.4 Å². The van der Waals surface area contributed by atoms with Crippen LogP contribution in [0.4, 0.5) is 35.9 Å². The van der Waals surface area contributed by atoms with Gasteiger partial charge in [0.25, 0.3) is 11.8 Å². The van der Waals surface area contributed by atoms with Gasteiger partial charge in [0.2, 0.25) is 11.6 Å². The molecule has 0 heterocycles. The third-order valence-corrected chi connectivity index (χ3v) is 9.45. The summed E-state index contributed by atoms with van der Waals surface area (Å²) >= 11 is 5.62. The molecule has 0 radical (unpaired) electrons. The molecule has 0 aliphatic heterocycles. The Morgan fingerprint density at radius 1 is 0.580 bits per heavy atom. The van der Waals surface area contributed by atoms with Crippen molar-refractivity contribution in [2.75, 3.05) is 39.8 Å². The maximum Gasteiger partial charge on any atom is 0.407 e. The molecule has 2 aromatic rings. The quantitative estimate of drug-likeness (QED) is 0.0330. The van der Waals surface area contributed by atoms with Gasteiger partial charge in [0.05, 0.1) is 18.0 Å². The van der Waals surface area contributed by atoms with Gasteiger partial charge in [-0.1, -0.05) is 0 Å². The molecule has 23 heteroatoms. The van der Waals surface area contributed by atoms with Crippen LogP contribution in [0.2, 0.25) is 0 Å². The Balaban J connectivity index is 0.00000115. The number of phenols is 1. The number of hydrogen-bond donors (Lipinski definition) is 5. The Hall–Kier alpha value is -5.35. The number of hydrogen-bond acceptors (Lipinski definition) is 12. The molecule has 0 saturated carbocycles. The fourth-order valence-electron chi connectivity index (χ4n) is 4.93. The fourth-order valence-corrected chi connectivity index (χ4v) is 5.11. The second-order valence-electron chi connectivity index (χ2n) is 18.0. The number of phenolic OH excluding ortho intramolecular Hbond substituents is 1. The van der Waals surface area contributed by atoms with Crippen molar-refractivity contribution in [2.45, 2.75) is 142 Å². The molecule has 0 bridgehead atoms. The Morgan fingerprint density at radius 2 is 0.957 bits per heavy atom. The Kier molecular flexibility index (Phi) is 27.3. The summed E-state index contributed by atoms with van der Waals surface area (Å²) < 4.78 is 103. The minimum Gasteiger partial charge on any atom is -0.503 e. The zero-order chi connectivity index (χ0) is 53.5. The summed E-state index contributed by atoms with van der Waals surface area (Å²) in [5.74, 6) is -12.4. The summed E-state index contributed by atoms with van der Waals surface area (Å²) in [6.45, 7) is 16.7. The molecule has 0 spiro atoms. The van der Waals surface area contributed by atoms with E-state index in [0.717, 1.165) is 0 Å². The van der Waals surface area contributed by atoms with E-state index in [-0.39, 0.29) is 30.5 Å². The van der Waals surface area contributed by atoms with Crippen LogP contribution in [0.15, 0.2) is 24.3 Å². The lowest BCUT2D eigenvalue weighted by molar-refractivity contribution is -0.142. The van der Waals surface area contributed by atoms with Crippen LogP contribution >= 0.6 is 11.6 Å². The average molecular weight is 1020 g/mol. The SMILES string of the molecule is COC(C)(C)C(=O)N[C@@H](CCCCNC(=O)OC(C)(C)C)C(=O)CCl.COC(C)(C)C(=O)N[C@@H](CCCCNC(=O)OC(C)(C)C)C(=O)COc1c(F)ccc(F)c1F.Oc1c(F)ccc(F)c1F. The number of alkyl carbamates (subject to hydrolysis) is 2.